The van der Waals surface area contributed by atoms with Gasteiger partial charge in [-0.3, -0.25) is 32.4 Å². The van der Waals surface area contributed by atoms with Gasteiger partial charge in [-0.25, -0.2) is 4.79 Å². The number of aliphatic carboxylic acids is 1. The summed E-state index contributed by atoms with van der Waals surface area (Å²) in [5.74, 6) is -2.14. The molecule has 1 amide bonds. The van der Waals surface area contributed by atoms with Gasteiger partial charge >= 0.3 is 11.7 Å². The molecule has 3 rings (SSSR count). The normalized spacial score (nSPS) is 11.8. The lowest BCUT2D eigenvalue weighted by atomic mass is 10.2. The first-order valence-electron chi connectivity index (χ1n) is 9.92. The second-order valence-electron chi connectivity index (χ2n) is 7.24. The third kappa shape index (κ3) is 6.76. The predicted octanol–water partition coefficient (Wildman–Crippen LogP) is 0.884. The van der Waals surface area contributed by atoms with Gasteiger partial charge in [0.15, 0.2) is 5.01 Å². The van der Waals surface area contributed by atoms with Crippen LogP contribution in [0.4, 0.5) is 5.13 Å². The van der Waals surface area contributed by atoms with E-state index in [1.54, 1.807) is 18.2 Å². The summed E-state index contributed by atoms with van der Waals surface area (Å²) in [6, 6.07) is 4.67. The van der Waals surface area contributed by atoms with E-state index in [9.17, 15) is 33.0 Å². The van der Waals surface area contributed by atoms with E-state index in [1.165, 1.54) is 13.1 Å². The number of carbonyl (C=O) groups is 2. The van der Waals surface area contributed by atoms with Gasteiger partial charge in [-0.1, -0.05) is 34.5 Å². The standard InChI is InChI=1S/C19H18Cl2N6O7S2/c1-10-7-26(18(32)22-16(10)31)8-14(28)25(9-15(29)30)4-5-27(36(33)34)19-24-23-17(35-19)12-6-11(20)2-3-13(12)21/h2-3,6-7H,4-5,8-9H2,1H3,(H,29,30)(H,33,34)(H,22,31,32)/p-1. The second kappa shape index (κ2) is 11.7. The van der Waals surface area contributed by atoms with Crippen molar-refractivity contribution in [3.05, 3.63) is 60.8 Å². The van der Waals surface area contributed by atoms with Crippen LogP contribution in [-0.2, 0) is 27.4 Å². The molecule has 1 unspecified atom stereocenters. The molecule has 0 bridgehead atoms. The van der Waals surface area contributed by atoms with Crippen molar-refractivity contribution in [2.75, 3.05) is 23.9 Å². The Kier molecular flexibility index (Phi) is 8.97. The Labute approximate surface area is 219 Å². The molecule has 0 saturated carbocycles. The number of carbonyl (C=O) groups excluding carboxylic acids is 1. The molecule has 2 N–H and O–H groups in total. The van der Waals surface area contributed by atoms with Crippen molar-refractivity contribution in [1.82, 2.24) is 24.6 Å². The van der Waals surface area contributed by atoms with Crippen LogP contribution in [-0.4, -0.2) is 70.0 Å². The molecule has 0 spiro atoms. The lowest BCUT2D eigenvalue weighted by molar-refractivity contribution is -0.144. The van der Waals surface area contributed by atoms with Crippen LogP contribution in [0.25, 0.3) is 10.6 Å². The SMILES string of the molecule is Cc1cn(CC(=O)N(CCN(c2nnc(-c3cc(Cl)ccc3Cl)s2)S(=O)[O-])CC(=O)O)c(=O)[nH]c1=O. The highest BCUT2D eigenvalue weighted by Crippen LogP contribution is 2.35. The maximum absolute atomic E-state index is 12.8. The maximum Gasteiger partial charge on any atom is 0.328 e. The number of carboxylic acid groups (broad SMARTS) is 1. The molecule has 192 valence electrons. The van der Waals surface area contributed by atoms with E-state index in [-0.39, 0.29) is 23.8 Å². The van der Waals surface area contributed by atoms with E-state index in [1.807, 2.05) is 4.98 Å². The van der Waals surface area contributed by atoms with Gasteiger partial charge in [-0.2, -0.15) is 0 Å². The summed E-state index contributed by atoms with van der Waals surface area (Å²) in [6.45, 7) is -0.590. The zero-order chi connectivity index (χ0) is 26.6. The fraction of sp³-hybridized carbons (Fsp3) is 0.263. The predicted molar refractivity (Wildman–Crippen MR) is 132 cm³/mol. The van der Waals surface area contributed by atoms with Gasteiger partial charge in [0.1, 0.15) is 13.1 Å². The molecule has 13 nitrogen and oxygen atoms in total. The molecule has 0 radical (unpaired) electrons. The Morgan fingerprint density at radius 1 is 1.25 bits per heavy atom. The minimum absolute atomic E-state index is 0.0513. The average Bonchev–Trinajstić information content (AvgIpc) is 3.27. The number of anilines is 1. The first-order valence-corrected chi connectivity index (χ1v) is 12.5. The fourth-order valence-corrected chi connectivity index (χ4v) is 4.90. The highest BCUT2D eigenvalue weighted by Gasteiger charge is 2.22. The summed E-state index contributed by atoms with van der Waals surface area (Å²) >= 11 is 10.2. The Balaban J connectivity index is 1.80. The molecule has 0 aliphatic rings. The number of H-pyrrole nitrogens is 1. The molecule has 0 fully saturated rings. The van der Waals surface area contributed by atoms with E-state index >= 15 is 0 Å². The van der Waals surface area contributed by atoms with Gasteiger partial charge in [0.25, 0.3) is 5.56 Å². The first kappa shape index (κ1) is 27.5. The summed E-state index contributed by atoms with van der Waals surface area (Å²) in [5, 5.41) is 18.0. The maximum atomic E-state index is 12.8. The monoisotopic (exact) mass is 575 g/mol. The van der Waals surface area contributed by atoms with Gasteiger partial charge < -0.3 is 14.6 Å². The molecule has 0 aliphatic heterocycles. The van der Waals surface area contributed by atoms with Crippen molar-refractivity contribution < 1.29 is 23.5 Å². The van der Waals surface area contributed by atoms with Crippen molar-refractivity contribution >= 4 is 62.8 Å². The molecule has 3 aromatic rings. The largest absolute Gasteiger partial charge is 0.755 e. The molecule has 17 heteroatoms. The summed E-state index contributed by atoms with van der Waals surface area (Å²) < 4.78 is 25.5. The minimum atomic E-state index is -2.84. The number of amides is 1. The summed E-state index contributed by atoms with van der Waals surface area (Å²) in [7, 11) is 0. The van der Waals surface area contributed by atoms with Gasteiger partial charge in [0, 0.05) is 40.2 Å². The molecule has 1 atom stereocenters. The van der Waals surface area contributed by atoms with Crippen LogP contribution in [0.5, 0.6) is 0 Å². The molecular weight excluding hydrogens is 559 g/mol. The number of benzene rings is 1. The lowest BCUT2D eigenvalue weighted by Gasteiger charge is -2.27. The smallest absolute Gasteiger partial charge is 0.328 e. The zero-order valence-corrected chi connectivity index (χ0v) is 21.5. The zero-order valence-electron chi connectivity index (χ0n) is 18.3. The van der Waals surface area contributed by atoms with E-state index < -0.39 is 47.5 Å². The van der Waals surface area contributed by atoms with Crippen LogP contribution in [0, 0.1) is 6.92 Å². The van der Waals surface area contributed by atoms with Crippen molar-refractivity contribution in [3.63, 3.8) is 0 Å². The number of rotatable bonds is 10. The number of aromatic amines is 1. The van der Waals surface area contributed by atoms with E-state index in [2.05, 4.69) is 10.2 Å². The average molecular weight is 576 g/mol. The Morgan fingerprint density at radius 3 is 2.64 bits per heavy atom. The summed E-state index contributed by atoms with van der Waals surface area (Å²) in [4.78, 5) is 50.5. The summed E-state index contributed by atoms with van der Waals surface area (Å²) in [6.07, 6.45) is 1.17. The number of aromatic nitrogens is 4. The van der Waals surface area contributed by atoms with Crippen molar-refractivity contribution in [2.24, 2.45) is 0 Å². The third-order valence-corrected chi connectivity index (χ3v) is 7.09. The van der Waals surface area contributed by atoms with Crippen LogP contribution in [0.2, 0.25) is 10.0 Å². The number of hydrogen-bond acceptors (Lipinski definition) is 9. The number of nitrogens with zero attached hydrogens (tertiary/aromatic N) is 5. The Morgan fingerprint density at radius 2 is 1.97 bits per heavy atom. The lowest BCUT2D eigenvalue weighted by Crippen LogP contribution is -2.44. The molecule has 36 heavy (non-hydrogen) atoms. The van der Waals surface area contributed by atoms with E-state index in [0.29, 0.717) is 20.6 Å². The first-order chi connectivity index (χ1) is 17.0. The van der Waals surface area contributed by atoms with Gasteiger partial charge in [0.05, 0.1) is 11.6 Å². The van der Waals surface area contributed by atoms with Crippen LogP contribution in [0.1, 0.15) is 5.56 Å². The number of halogens is 2. The molecule has 2 heterocycles. The van der Waals surface area contributed by atoms with Crippen LogP contribution >= 0.6 is 34.5 Å². The van der Waals surface area contributed by atoms with Gasteiger partial charge in [0.2, 0.25) is 11.0 Å². The second-order valence-corrected chi connectivity index (χ2v) is 9.92. The topological polar surface area (TPSA) is 182 Å². The molecule has 2 aromatic heterocycles. The minimum Gasteiger partial charge on any atom is -0.755 e. The van der Waals surface area contributed by atoms with Crippen molar-refractivity contribution in [1.29, 1.82) is 0 Å². The Bertz CT molecular complexity index is 1440. The number of nitrogens with one attached hydrogen (secondary N) is 1. The highest BCUT2D eigenvalue weighted by atomic mass is 35.5. The fourth-order valence-electron chi connectivity index (χ4n) is 2.97. The van der Waals surface area contributed by atoms with Gasteiger partial charge in [-0.15, -0.1) is 10.2 Å². The molecular formula is C19H17Cl2N6O7S2-. The Hall–Kier alpha value is -3.11. The van der Waals surface area contributed by atoms with Crippen molar-refractivity contribution in [2.45, 2.75) is 13.5 Å². The van der Waals surface area contributed by atoms with Crippen LogP contribution < -0.4 is 15.6 Å². The van der Waals surface area contributed by atoms with Crippen molar-refractivity contribution in [3.8, 4) is 10.6 Å². The van der Waals surface area contributed by atoms with Crippen LogP contribution in [0.15, 0.2) is 34.0 Å². The van der Waals surface area contributed by atoms with Gasteiger partial charge in [-0.05, 0) is 25.1 Å². The number of aryl methyl sites for hydroxylation is 1. The molecule has 1 aromatic carbocycles. The number of carboxylic acids is 1. The van der Waals surface area contributed by atoms with E-state index in [4.69, 9.17) is 23.2 Å². The highest BCUT2D eigenvalue weighted by molar-refractivity contribution is 7.80. The van der Waals surface area contributed by atoms with Crippen LogP contribution in [0.3, 0.4) is 0 Å². The molecule has 0 aliphatic carbocycles. The third-order valence-electron chi connectivity index (χ3n) is 4.71. The van der Waals surface area contributed by atoms with E-state index in [0.717, 1.165) is 25.1 Å². The summed E-state index contributed by atoms with van der Waals surface area (Å²) in [5.41, 5.74) is -0.853. The number of hydrogen-bond donors (Lipinski definition) is 2. The molecule has 0 saturated heterocycles. The quantitative estimate of drug-likeness (QED) is 0.331.